The number of hydrogen-bond acceptors (Lipinski definition) is 5. The first-order valence-electron chi connectivity index (χ1n) is 11.3. The highest BCUT2D eigenvalue weighted by Crippen LogP contribution is 2.33. The van der Waals surface area contributed by atoms with E-state index in [1.165, 1.54) is 12.8 Å². The summed E-state index contributed by atoms with van der Waals surface area (Å²) in [7, 11) is 0. The lowest BCUT2D eigenvalue weighted by molar-refractivity contribution is -0.123. The number of unbranched alkanes of at least 4 members (excludes halogenated alkanes) is 4. The number of alkyl halides is 1. The smallest absolute Gasteiger partial charge is 0.220 e. The van der Waals surface area contributed by atoms with Gasteiger partial charge in [-0.2, -0.15) is 0 Å². The Balaban J connectivity index is 0.00000256. The lowest BCUT2D eigenvalue weighted by Gasteiger charge is -2.29. The van der Waals surface area contributed by atoms with Crippen LogP contribution in [0.3, 0.4) is 0 Å². The lowest BCUT2D eigenvalue weighted by Crippen LogP contribution is -2.46. The number of amides is 1. The molecule has 0 unspecified atom stereocenters. The van der Waals surface area contributed by atoms with E-state index in [0.717, 1.165) is 19.3 Å². The van der Waals surface area contributed by atoms with Crippen molar-refractivity contribution in [1.82, 2.24) is 10.2 Å². The number of aliphatic hydroxyl groups is 1. The number of nitrogens with one attached hydrogen (secondary N) is 1. The van der Waals surface area contributed by atoms with E-state index in [4.69, 9.17) is 9.47 Å². The SMILES string of the molecule is C.CCCCCCCC(=O)N[C@H](CN1CC[C@H](F)C1)[C@H](O)c1ccc2c(c1)OCCO2.[HH]. The van der Waals surface area contributed by atoms with Crippen molar-refractivity contribution >= 4 is 5.91 Å². The fraction of sp³-hybridized carbons (Fsp3) is 0.708. The van der Waals surface area contributed by atoms with Crippen molar-refractivity contribution in [3.05, 3.63) is 23.8 Å². The van der Waals surface area contributed by atoms with E-state index in [-0.39, 0.29) is 14.8 Å². The normalized spacial score (nSPS) is 20.0. The van der Waals surface area contributed by atoms with Gasteiger partial charge in [-0.1, -0.05) is 46.1 Å². The van der Waals surface area contributed by atoms with Crippen LogP contribution in [-0.4, -0.2) is 61.0 Å². The second kappa shape index (κ2) is 12.9. The van der Waals surface area contributed by atoms with Gasteiger partial charge in [0.2, 0.25) is 5.91 Å². The highest BCUT2D eigenvalue weighted by Gasteiger charge is 2.30. The molecule has 31 heavy (non-hydrogen) atoms. The molecule has 3 atom stereocenters. The number of rotatable bonds is 11. The molecule has 0 radical (unpaired) electrons. The Hall–Kier alpha value is -1.86. The summed E-state index contributed by atoms with van der Waals surface area (Å²) < 4.78 is 24.8. The largest absolute Gasteiger partial charge is 0.486 e. The van der Waals surface area contributed by atoms with Crippen LogP contribution in [0.25, 0.3) is 0 Å². The second-order valence-electron chi connectivity index (χ2n) is 8.33. The Kier molecular flexibility index (Phi) is 10.5. The van der Waals surface area contributed by atoms with Gasteiger partial charge in [0.25, 0.3) is 0 Å². The van der Waals surface area contributed by atoms with Crippen molar-refractivity contribution in [2.75, 3.05) is 32.8 Å². The summed E-state index contributed by atoms with van der Waals surface area (Å²) in [5, 5.41) is 14.1. The van der Waals surface area contributed by atoms with Crippen molar-refractivity contribution in [2.45, 2.75) is 77.6 Å². The van der Waals surface area contributed by atoms with Crippen LogP contribution in [0.5, 0.6) is 11.5 Å². The van der Waals surface area contributed by atoms with Gasteiger partial charge in [0.1, 0.15) is 25.5 Å². The predicted octanol–water partition coefficient (Wildman–Crippen LogP) is 4.26. The van der Waals surface area contributed by atoms with E-state index >= 15 is 0 Å². The minimum atomic E-state index is -0.913. The fourth-order valence-corrected chi connectivity index (χ4v) is 4.10. The zero-order chi connectivity index (χ0) is 21.3. The number of ether oxygens (including phenoxy) is 2. The molecule has 0 saturated carbocycles. The third kappa shape index (κ3) is 7.65. The Morgan fingerprint density at radius 1 is 1.26 bits per heavy atom. The third-order valence-corrected chi connectivity index (χ3v) is 5.81. The number of halogens is 1. The highest BCUT2D eigenvalue weighted by molar-refractivity contribution is 5.76. The molecule has 1 aromatic carbocycles. The minimum Gasteiger partial charge on any atom is -0.486 e. The Labute approximate surface area is 187 Å². The summed E-state index contributed by atoms with van der Waals surface area (Å²) in [6.07, 6.45) is 4.56. The third-order valence-electron chi connectivity index (χ3n) is 5.81. The highest BCUT2D eigenvalue weighted by atomic mass is 19.1. The molecule has 0 spiro atoms. The molecule has 3 rings (SSSR count). The number of likely N-dealkylation sites (tertiary alicyclic amines) is 1. The molecule has 0 bridgehead atoms. The Bertz CT molecular complexity index is 694. The molecule has 6 nitrogen and oxygen atoms in total. The van der Waals surface area contributed by atoms with Crippen LogP contribution in [-0.2, 0) is 4.79 Å². The summed E-state index contributed by atoms with van der Waals surface area (Å²) in [6, 6.07) is 4.84. The standard InChI is InChI=1S/C23H35FN2O4.CH4.H2/c1-2-3-4-5-6-7-22(27)25-19(16-26-11-10-18(24)15-26)23(28)17-8-9-20-21(14-17)30-13-12-29-20;;/h8-9,14,18-19,23,28H,2-7,10-13,15-16H2,1H3,(H,25,27);1H4;1H/t18-,19+,23+;;/m0../s1. The number of nitrogens with zero attached hydrogens (tertiary/aromatic N) is 1. The molecule has 1 aromatic rings. The molecule has 2 aliphatic rings. The Morgan fingerprint density at radius 2 is 2.00 bits per heavy atom. The average molecular weight is 441 g/mol. The molecule has 0 aromatic heterocycles. The second-order valence-corrected chi connectivity index (χ2v) is 8.33. The zero-order valence-corrected chi connectivity index (χ0v) is 17.9. The van der Waals surface area contributed by atoms with Crippen LogP contribution in [0.15, 0.2) is 18.2 Å². The van der Waals surface area contributed by atoms with E-state index in [9.17, 15) is 14.3 Å². The number of aliphatic hydroxyl groups excluding tert-OH is 1. The first kappa shape index (κ1) is 25.4. The molecule has 178 valence electrons. The molecule has 1 fully saturated rings. The maximum absolute atomic E-state index is 13.6. The van der Waals surface area contributed by atoms with E-state index in [1.54, 1.807) is 18.2 Å². The summed E-state index contributed by atoms with van der Waals surface area (Å²) in [5.41, 5.74) is 0.656. The van der Waals surface area contributed by atoms with Gasteiger partial charge in [-0.25, -0.2) is 4.39 Å². The van der Waals surface area contributed by atoms with Crippen LogP contribution in [0.2, 0.25) is 0 Å². The number of carbonyl (C=O) groups is 1. The first-order valence-corrected chi connectivity index (χ1v) is 11.3. The lowest BCUT2D eigenvalue weighted by atomic mass is 10.0. The topological polar surface area (TPSA) is 71.0 Å². The van der Waals surface area contributed by atoms with Gasteiger partial charge in [-0.05, 0) is 30.5 Å². The van der Waals surface area contributed by atoms with E-state index in [0.29, 0.717) is 62.8 Å². The molecule has 0 aliphatic carbocycles. The summed E-state index contributed by atoms with van der Waals surface area (Å²) in [5.74, 6) is 1.19. The summed E-state index contributed by atoms with van der Waals surface area (Å²) >= 11 is 0. The molecule has 2 N–H and O–H groups in total. The molecule has 7 heteroatoms. The van der Waals surface area contributed by atoms with Crippen molar-refractivity contribution in [3.63, 3.8) is 0 Å². The first-order chi connectivity index (χ1) is 14.6. The number of carbonyl (C=O) groups excluding carboxylic acids is 1. The molecule has 2 heterocycles. The summed E-state index contributed by atoms with van der Waals surface area (Å²) in [4.78, 5) is 14.5. The maximum atomic E-state index is 13.6. The quantitative estimate of drug-likeness (QED) is 0.503. The van der Waals surface area contributed by atoms with Crippen molar-refractivity contribution in [2.24, 2.45) is 0 Å². The van der Waals surface area contributed by atoms with Gasteiger partial charge in [0, 0.05) is 27.5 Å². The van der Waals surface area contributed by atoms with Crippen LogP contribution >= 0.6 is 0 Å². The van der Waals surface area contributed by atoms with E-state index in [2.05, 4.69) is 12.2 Å². The van der Waals surface area contributed by atoms with Crippen molar-refractivity contribution in [1.29, 1.82) is 0 Å². The van der Waals surface area contributed by atoms with Crippen molar-refractivity contribution < 1.29 is 25.2 Å². The molecular weight excluding hydrogens is 399 g/mol. The van der Waals surface area contributed by atoms with Gasteiger partial charge < -0.3 is 19.9 Å². The van der Waals surface area contributed by atoms with Crippen LogP contribution in [0.1, 0.15) is 72.4 Å². The monoisotopic (exact) mass is 440 g/mol. The van der Waals surface area contributed by atoms with Gasteiger partial charge >= 0.3 is 0 Å². The number of hydrogen-bond donors (Lipinski definition) is 2. The van der Waals surface area contributed by atoms with E-state index in [1.807, 2.05) is 4.90 Å². The van der Waals surface area contributed by atoms with Crippen LogP contribution < -0.4 is 14.8 Å². The molecule has 1 saturated heterocycles. The van der Waals surface area contributed by atoms with Crippen LogP contribution in [0, 0.1) is 0 Å². The van der Waals surface area contributed by atoms with Crippen molar-refractivity contribution in [3.8, 4) is 11.5 Å². The van der Waals surface area contributed by atoms with Gasteiger partial charge in [-0.3, -0.25) is 9.69 Å². The van der Waals surface area contributed by atoms with Gasteiger partial charge in [0.05, 0.1) is 6.04 Å². The van der Waals surface area contributed by atoms with Crippen LogP contribution in [0.4, 0.5) is 4.39 Å². The average Bonchev–Trinajstić information content (AvgIpc) is 3.17. The Morgan fingerprint density at radius 3 is 2.71 bits per heavy atom. The fourth-order valence-electron chi connectivity index (χ4n) is 4.10. The van der Waals surface area contributed by atoms with Gasteiger partial charge in [0.15, 0.2) is 11.5 Å². The molecule has 2 aliphatic heterocycles. The predicted molar refractivity (Wildman–Crippen MR) is 122 cm³/mol. The maximum Gasteiger partial charge on any atom is 0.220 e. The number of fused-ring (bicyclic) bond motifs is 1. The molecule has 1 amide bonds. The zero-order valence-electron chi connectivity index (χ0n) is 17.9. The van der Waals surface area contributed by atoms with Gasteiger partial charge in [-0.15, -0.1) is 0 Å². The summed E-state index contributed by atoms with van der Waals surface area (Å²) in [6.45, 7) is 4.53. The minimum absolute atomic E-state index is 0. The molecular formula is C24H41FN2O4. The van der Waals surface area contributed by atoms with E-state index < -0.39 is 18.3 Å². The number of benzene rings is 1.